The van der Waals surface area contributed by atoms with Crippen LogP contribution in [0.1, 0.15) is 11.1 Å². The van der Waals surface area contributed by atoms with E-state index in [1.54, 1.807) is 40.8 Å². The monoisotopic (exact) mass is 284 g/mol. The Hall–Kier alpha value is -2.60. The SMILES string of the molecule is COc1ccc(Cn2ccn3nccc3c2=O)cc1CN. The zero-order valence-corrected chi connectivity index (χ0v) is 11.7. The number of hydrogen-bond donors (Lipinski definition) is 1. The fraction of sp³-hybridized carbons (Fsp3) is 0.200. The smallest absolute Gasteiger partial charge is 0.276 e. The molecule has 0 unspecified atom stereocenters. The summed E-state index contributed by atoms with van der Waals surface area (Å²) in [7, 11) is 1.62. The highest BCUT2D eigenvalue weighted by atomic mass is 16.5. The largest absolute Gasteiger partial charge is 0.496 e. The van der Waals surface area contributed by atoms with Gasteiger partial charge in [-0.1, -0.05) is 6.07 Å². The third-order valence-corrected chi connectivity index (χ3v) is 3.46. The van der Waals surface area contributed by atoms with Crippen molar-refractivity contribution in [3.8, 4) is 5.75 Å². The van der Waals surface area contributed by atoms with Crippen LogP contribution in [0, 0.1) is 0 Å². The minimum Gasteiger partial charge on any atom is -0.496 e. The molecule has 0 saturated heterocycles. The molecular formula is C15H16N4O2. The predicted molar refractivity (Wildman–Crippen MR) is 79.4 cm³/mol. The highest BCUT2D eigenvalue weighted by Crippen LogP contribution is 2.19. The lowest BCUT2D eigenvalue weighted by molar-refractivity contribution is 0.409. The van der Waals surface area contributed by atoms with Crippen LogP contribution in [0.2, 0.25) is 0 Å². The van der Waals surface area contributed by atoms with Crippen LogP contribution in [0.25, 0.3) is 5.52 Å². The number of benzene rings is 1. The lowest BCUT2D eigenvalue weighted by atomic mass is 10.1. The number of rotatable bonds is 4. The fourth-order valence-electron chi connectivity index (χ4n) is 2.37. The first-order valence-corrected chi connectivity index (χ1v) is 6.61. The Kier molecular flexibility index (Phi) is 3.45. The molecule has 0 spiro atoms. The predicted octanol–water partition coefficient (Wildman–Crippen LogP) is 1.01. The summed E-state index contributed by atoms with van der Waals surface area (Å²) in [6.07, 6.45) is 5.11. The molecule has 108 valence electrons. The molecule has 2 heterocycles. The van der Waals surface area contributed by atoms with Crippen molar-refractivity contribution in [3.05, 3.63) is 64.3 Å². The van der Waals surface area contributed by atoms with E-state index < -0.39 is 0 Å². The summed E-state index contributed by atoms with van der Waals surface area (Å²) in [5.74, 6) is 0.764. The van der Waals surface area contributed by atoms with Crippen LogP contribution in [-0.2, 0) is 13.1 Å². The van der Waals surface area contributed by atoms with Gasteiger partial charge in [-0.15, -0.1) is 0 Å². The molecule has 2 aromatic heterocycles. The Labute approximate surface area is 121 Å². The summed E-state index contributed by atoms with van der Waals surface area (Å²) < 4.78 is 8.47. The van der Waals surface area contributed by atoms with Crippen molar-refractivity contribution < 1.29 is 4.74 Å². The second kappa shape index (κ2) is 5.41. The first-order valence-electron chi connectivity index (χ1n) is 6.61. The topological polar surface area (TPSA) is 74.5 Å². The third kappa shape index (κ3) is 2.41. The standard InChI is InChI=1S/C15H16N4O2/c1-21-14-3-2-11(8-12(14)9-16)10-18-6-7-19-13(15(18)20)4-5-17-19/h2-8H,9-10,16H2,1H3. The minimum absolute atomic E-state index is 0.0693. The van der Waals surface area contributed by atoms with E-state index in [2.05, 4.69) is 5.10 Å². The van der Waals surface area contributed by atoms with Crippen molar-refractivity contribution >= 4 is 5.52 Å². The van der Waals surface area contributed by atoms with Gasteiger partial charge in [-0.3, -0.25) is 4.79 Å². The van der Waals surface area contributed by atoms with E-state index in [0.29, 0.717) is 18.6 Å². The van der Waals surface area contributed by atoms with E-state index >= 15 is 0 Å². The Bertz CT molecular complexity index is 835. The molecule has 3 rings (SSSR count). The van der Waals surface area contributed by atoms with E-state index in [-0.39, 0.29) is 5.56 Å². The molecule has 1 aromatic carbocycles. The van der Waals surface area contributed by atoms with E-state index in [0.717, 1.165) is 16.9 Å². The minimum atomic E-state index is -0.0693. The van der Waals surface area contributed by atoms with Gasteiger partial charge in [0.2, 0.25) is 0 Å². The van der Waals surface area contributed by atoms with Crippen molar-refractivity contribution in [1.29, 1.82) is 0 Å². The summed E-state index contributed by atoms with van der Waals surface area (Å²) in [6.45, 7) is 0.880. The van der Waals surface area contributed by atoms with Gasteiger partial charge < -0.3 is 15.0 Å². The Balaban J connectivity index is 1.98. The van der Waals surface area contributed by atoms with Crippen LogP contribution >= 0.6 is 0 Å². The molecule has 0 radical (unpaired) electrons. The van der Waals surface area contributed by atoms with Crippen LogP contribution in [0.15, 0.2) is 47.7 Å². The first kappa shape index (κ1) is 13.4. The Morgan fingerprint density at radius 3 is 2.90 bits per heavy atom. The van der Waals surface area contributed by atoms with Gasteiger partial charge in [0, 0.05) is 24.5 Å². The van der Waals surface area contributed by atoms with E-state index in [1.807, 2.05) is 18.2 Å². The zero-order valence-electron chi connectivity index (χ0n) is 11.7. The van der Waals surface area contributed by atoms with Gasteiger partial charge in [0.05, 0.1) is 19.9 Å². The van der Waals surface area contributed by atoms with Crippen LogP contribution in [0.3, 0.4) is 0 Å². The van der Waals surface area contributed by atoms with E-state index in [1.165, 1.54) is 0 Å². The van der Waals surface area contributed by atoms with Gasteiger partial charge >= 0.3 is 0 Å². The van der Waals surface area contributed by atoms with Gasteiger partial charge in [0.1, 0.15) is 11.3 Å². The molecule has 6 nitrogen and oxygen atoms in total. The third-order valence-electron chi connectivity index (χ3n) is 3.46. The maximum Gasteiger partial charge on any atom is 0.276 e. The Morgan fingerprint density at radius 1 is 1.29 bits per heavy atom. The molecule has 0 aliphatic heterocycles. The normalized spacial score (nSPS) is 11.0. The number of nitrogens with zero attached hydrogens (tertiary/aromatic N) is 3. The van der Waals surface area contributed by atoms with E-state index in [4.69, 9.17) is 10.5 Å². The van der Waals surface area contributed by atoms with E-state index in [9.17, 15) is 4.79 Å². The summed E-state index contributed by atoms with van der Waals surface area (Å²) in [6, 6.07) is 7.48. The van der Waals surface area contributed by atoms with Crippen molar-refractivity contribution in [2.75, 3.05) is 7.11 Å². The number of aromatic nitrogens is 3. The highest BCUT2D eigenvalue weighted by molar-refractivity contribution is 5.43. The van der Waals surface area contributed by atoms with Gasteiger partial charge in [0.15, 0.2) is 0 Å². The molecule has 0 aliphatic carbocycles. The molecule has 0 amide bonds. The fourth-order valence-corrected chi connectivity index (χ4v) is 2.37. The summed E-state index contributed by atoms with van der Waals surface area (Å²) in [5.41, 5.74) is 8.14. The molecule has 6 heteroatoms. The van der Waals surface area contributed by atoms with Crippen molar-refractivity contribution in [2.24, 2.45) is 5.73 Å². The number of nitrogens with two attached hydrogens (primary N) is 1. The molecule has 0 fully saturated rings. The van der Waals surface area contributed by atoms with Crippen LogP contribution in [0.5, 0.6) is 5.75 Å². The van der Waals surface area contributed by atoms with Crippen molar-refractivity contribution in [2.45, 2.75) is 13.1 Å². The molecular weight excluding hydrogens is 268 g/mol. The number of fused-ring (bicyclic) bond motifs is 1. The maximum atomic E-state index is 12.3. The summed E-state index contributed by atoms with van der Waals surface area (Å²) in [4.78, 5) is 12.3. The van der Waals surface area contributed by atoms with Crippen LogP contribution in [-0.4, -0.2) is 21.3 Å². The number of methoxy groups -OCH3 is 1. The molecule has 0 aliphatic rings. The van der Waals surface area contributed by atoms with Crippen LogP contribution in [0.4, 0.5) is 0 Å². The molecule has 0 saturated carbocycles. The van der Waals surface area contributed by atoms with Gasteiger partial charge in [-0.25, -0.2) is 4.52 Å². The van der Waals surface area contributed by atoms with Crippen molar-refractivity contribution in [3.63, 3.8) is 0 Å². The van der Waals surface area contributed by atoms with Gasteiger partial charge in [0.25, 0.3) is 5.56 Å². The molecule has 3 aromatic rings. The number of hydrogen-bond acceptors (Lipinski definition) is 4. The first-order chi connectivity index (χ1) is 10.2. The van der Waals surface area contributed by atoms with Gasteiger partial charge in [-0.05, 0) is 23.8 Å². The lowest BCUT2D eigenvalue weighted by Crippen LogP contribution is -2.21. The van der Waals surface area contributed by atoms with Gasteiger partial charge in [-0.2, -0.15) is 5.10 Å². The Morgan fingerprint density at radius 2 is 2.14 bits per heavy atom. The molecule has 21 heavy (non-hydrogen) atoms. The molecule has 2 N–H and O–H groups in total. The second-order valence-corrected chi connectivity index (χ2v) is 4.74. The van der Waals surface area contributed by atoms with Crippen molar-refractivity contribution in [1.82, 2.24) is 14.2 Å². The lowest BCUT2D eigenvalue weighted by Gasteiger charge is -2.10. The average Bonchev–Trinajstić information content (AvgIpc) is 2.99. The number of ether oxygens (including phenoxy) is 1. The summed E-state index contributed by atoms with van der Waals surface area (Å²) >= 11 is 0. The second-order valence-electron chi connectivity index (χ2n) is 4.74. The molecule has 0 bridgehead atoms. The quantitative estimate of drug-likeness (QED) is 0.776. The highest BCUT2D eigenvalue weighted by Gasteiger charge is 2.06. The zero-order chi connectivity index (χ0) is 14.8. The average molecular weight is 284 g/mol. The molecule has 0 atom stereocenters. The van der Waals surface area contributed by atoms with Crippen LogP contribution < -0.4 is 16.0 Å². The summed E-state index contributed by atoms with van der Waals surface area (Å²) in [5, 5.41) is 4.05. The maximum absolute atomic E-state index is 12.3.